The molecule has 0 saturated heterocycles. The van der Waals surface area contributed by atoms with Crippen LogP contribution in [0, 0.1) is 5.92 Å². The summed E-state index contributed by atoms with van der Waals surface area (Å²) in [4.78, 5) is 12.0. The van der Waals surface area contributed by atoms with Crippen molar-refractivity contribution in [3.05, 3.63) is 23.8 Å². The van der Waals surface area contributed by atoms with Gasteiger partial charge < -0.3 is 20.9 Å². The van der Waals surface area contributed by atoms with Crippen LogP contribution >= 0.6 is 0 Å². The van der Waals surface area contributed by atoms with Crippen LogP contribution < -0.4 is 15.8 Å². The zero-order chi connectivity index (χ0) is 13.7. The molecular formula is C13H20N2O3. The average Bonchev–Trinajstić information content (AvgIpc) is 2.35. The fourth-order valence-corrected chi connectivity index (χ4v) is 1.58. The quantitative estimate of drug-likeness (QED) is 0.733. The summed E-state index contributed by atoms with van der Waals surface area (Å²) in [5.41, 5.74) is 5.97. The first kappa shape index (κ1) is 14.3. The van der Waals surface area contributed by atoms with Gasteiger partial charge in [0.15, 0.2) is 11.5 Å². The number of nitrogens with one attached hydrogen (secondary N) is 1. The Morgan fingerprint density at radius 3 is 2.61 bits per heavy atom. The van der Waals surface area contributed by atoms with Crippen LogP contribution in [0.1, 0.15) is 24.2 Å². The molecule has 0 fully saturated rings. The van der Waals surface area contributed by atoms with Gasteiger partial charge in [0.25, 0.3) is 5.91 Å². The summed E-state index contributed by atoms with van der Waals surface area (Å²) in [5, 5.41) is 12.4. The fraction of sp³-hybridized carbons (Fsp3) is 0.462. The molecule has 100 valence electrons. The van der Waals surface area contributed by atoms with E-state index in [1.807, 2.05) is 13.8 Å². The number of ether oxygens (including phenoxy) is 1. The van der Waals surface area contributed by atoms with Crippen molar-refractivity contribution >= 4 is 5.91 Å². The standard InChI is InChI=1S/C13H20N2O3/c1-8(2)10(7-14)15-13(17)9-4-5-12(18-3)11(16)6-9/h4-6,8,10,16H,7,14H2,1-3H3,(H,15,17). The van der Waals surface area contributed by atoms with Crippen LogP contribution in [0.25, 0.3) is 0 Å². The largest absolute Gasteiger partial charge is 0.504 e. The van der Waals surface area contributed by atoms with E-state index in [-0.39, 0.29) is 23.6 Å². The van der Waals surface area contributed by atoms with Crippen molar-refractivity contribution in [1.82, 2.24) is 5.32 Å². The van der Waals surface area contributed by atoms with E-state index in [0.29, 0.717) is 17.9 Å². The van der Waals surface area contributed by atoms with Crippen LogP contribution in [0.5, 0.6) is 11.5 Å². The normalized spacial score (nSPS) is 12.3. The highest BCUT2D eigenvalue weighted by Gasteiger charge is 2.16. The van der Waals surface area contributed by atoms with Crippen molar-refractivity contribution in [3.8, 4) is 11.5 Å². The minimum Gasteiger partial charge on any atom is -0.504 e. The Kier molecular flexibility index (Phi) is 4.97. The maximum atomic E-state index is 12.0. The van der Waals surface area contributed by atoms with Gasteiger partial charge in [-0.05, 0) is 24.1 Å². The highest BCUT2D eigenvalue weighted by molar-refractivity contribution is 5.95. The second-order valence-corrected chi connectivity index (χ2v) is 4.45. The van der Waals surface area contributed by atoms with Gasteiger partial charge in [-0.3, -0.25) is 4.79 Å². The first-order valence-corrected chi connectivity index (χ1v) is 5.87. The molecule has 1 aromatic carbocycles. The Hall–Kier alpha value is -1.75. The number of benzene rings is 1. The number of phenols is 1. The zero-order valence-corrected chi connectivity index (χ0v) is 10.9. The van der Waals surface area contributed by atoms with Crippen LogP contribution in [0.15, 0.2) is 18.2 Å². The highest BCUT2D eigenvalue weighted by Crippen LogP contribution is 2.26. The van der Waals surface area contributed by atoms with Gasteiger partial charge in [-0.25, -0.2) is 0 Å². The van der Waals surface area contributed by atoms with E-state index in [4.69, 9.17) is 10.5 Å². The molecule has 1 amide bonds. The van der Waals surface area contributed by atoms with Crippen molar-refractivity contribution in [2.45, 2.75) is 19.9 Å². The number of methoxy groups -OCH3 is 1. The number of hydrogen-bond acceptors (Lipinski definition) is 4. The van der Waals surface area contributed by atoms with E-state index >= 15 is 0 Å². The molecule has 1 rings (SSSR count). The average molecular weight is 252 g/mol. The van der Waals surface area contributed by atoms with Crippen LogP contribution in [0.2, 0.25) is 0 Å². The van der Waals surface area contributed by atoms with Crippen molar-refractivity contribution < 1.29 is 14.6 Å². The van der Waals surface area contributed by atoms with Crippen molar-refractivity contribution in [2.75, 3.05) is 13.7 Å². The first-order chi connectivity index (χ1) is 8.49. The van der Waals surface area contributed by atoms with E-state index in [1.54, 1.807) is 12.1 Å². The maximum absolute atomic E-state index is 12.0. The highest BCUT2D eigenvalue weighted by atomic mass is 16.5. The van der Waals surface area contributed by atoms with Crippen molar-refractivity contribution in [1.29, 1.82) is 0 Å². The van der Waals surface area contributed by atoms with Gasteiger partial charge in [0.2, 0.25) is 0 Å². The fourth-order valence-electron chi connectivity index (χ4n) is 1.58. The molecule has 0 aliphatic heterocycles. The zero-order valence-electron chi connectivity index (χ0n) is 10.9. The lowest BCUT2D eigenvalue weighted by atomic mass is 10.0. The summed E-state index contributed by atoms with van der Waals surface area (Å²) in [7, 11) is 1.46. The number of aromatic hydroxyl groups is 1. The molecule has 0 saturated carbocycles. The topological polar surface area (TPSA) is 84.6 Å². The molecule has 0 aliphatic carbocycles. The lowest BCUT2D eigenvalue weighted by Gasteiger charge is -2.20. The monoisotopic (exact) mass is 252 g/mol. The molecule has 0 aliphatic rings. The Bertz CT molecular complexity index is 419. The van der Waals surface area contributed by atoms with E-state index in [1.165, 1.54) is 13.2 Å². The predicted octanol–water partition coefficient (Wildman–Crippen LogP) is 1.11. The van der Waals surface area contributed by atoms with Gasteiger partial charge in [0.05, 0.1) is 7.11 Å². The molecule has 0 radical (unpaired) electrons. The van der Waals surface area contributed by atoms with Gasteiger partial charge in [0.1, 0.15) is 0 Å². The molecule has 1 atom stereocenters. The van der Waals surface area contributed by atoms with E-state index < -0.39 is 0 Å². The second-order valence-electron chi connectivity index (χ2n) is 4.45. The number of nitrogens with two attached hydrogens (primary N) is 1. The van der Waals surface area contributed by atoms with Gasteiger partial charge in [-0.1, -0.05) is 13.8 Å². The molecule has 4 N–H and O–H groups in total. The summed E-state index contributed by atoms with van der Waals surface area (Å²) in [5.74, 6) is 0.285. The minimum absolute atomic E-state index is 0.0565. The Morgan fingerprint density at radius 2 is 2.17 bits per heavy atom. The minimum atomic E-state index is -0.253. The number of hydrogen-bond donors (Lipinski definition) is 3. The molecule has 5 heteroatoms. The van der Waals surface area contributed by atoms with Crippen LogP contribution in [0.4, 0.5) is 0 Å². The maximum Gasteiger partial charge on any atom is 0.251 e. The predicted molar refractivity (Wildman–Crippen MR) is 69.8 cm³/mol. The van der Waals surface area contributed by atoms with Gasteiger partial charge in [-0.2, -0.15) is 0 Å². The SMILES string of the molecule is COc1ccc(C(=O)NC(CN)C(C)C)cc1O. The summed E-state index contributed by atoms with van der Waals surface area (Å²) >= 11 is 0. The first-order valence-electron chi connectivity index (χ1n) is 5.87. The van der Waals surface area contributed by atoms with Gasteiger partial charge in [0, 0.05) is 18.2 Å². The molecule has 1 unspecified atom stereocenters. The van der Waals surface area contributed by atoms with E-state index in [2.05, 4.69) is 5.32 Å². The molecular weight excluding hydrogens is 232 g/mol. The van der Waals surface area contributed by atoms with Gasteiger partial charge in [-0.15, -0.1) is 0 Å². The molecule has 18 heavy (non-hydrogen) atoms. The number of rotatable bonds is 5. The molecule has 0 spiro atoms. The summed E-state index contributed by atoms with van der Waals surface area (Å²) in [6.45, 7) is 4.36. The molecule has 0 bridgehead atoms. The summed E-state index contributed by atoms with van der Waals surface area (Å²) in [6, 6.07) is 4.45. The van der Waals surface area contributed by atoms with Crippen LogP contribution in [-0.2, 0) is 0 Å². The van der Waals surface area contributed by atoms with E-state index in [0.717, 1.165) is 0 Å². The molecule has 0 heterocycles. The summed E-state index contributed by atoms with van der Waals surface area (Å²) in [6.07, 6.45) is 0. The number of phenolic OH excluding ortho intramolecular Hbond substituents is 1. The van der Waals surface area contributed by atoms with Crippen LogP contribution in [0.3, 0.4) is 0 Å². The van der Waals surface area contributed by atoms with Crippen LogP contribution in [-0.4, -0.2) is 30.7 Å². The number of carbonyl (C=O) groups excluding carboxylic acids is 1. The van der Waals surface area contributed by atoms with E-state index in [9.17, 15) is 9.90 Å². The lowest BCUT2D eigenvalue weighted by molar-refractivity contribution is 0.0927. The van der Waals surface area contributed by atoms with Gasteiger partial charge >= 0.3 is 0 Å². The second kappa shape index (κ2) is 6.26. The Labute approximate surface area is 107 Å². The smallest absolute Gasteiger partial charge is 0.251 e. The Morgan fingerprint density at radius 1 is 1.50 bits per heavy atom. The van der Waals surface area contributed by atoms with Crippen molar-refractivity contribution in [3.63, 3.8) is 0 Å². The third-order valence-electron chi connectivity index (χ3n) is 2.82. The summed E-state index contributed by atoms with van der Waals surface area (Å²) < 4.78 is 4.92. The number of amides is 1. The molecule has 5 nitrogen and oxygen atoms in total. The number of carbonyl (C=O) groups is 1. The molecule has 0 aromatic heterocycles. The third kappa shape index (κ3) is 3.37. The molecule has 1 aromatic rings. The lowest BCUT2D eigenvalue weighted by Crippen LogP contribution is -2.43. The Balaban J connectivity index is 2.81. The third-order valence-corrected chi connectivity index (χ3v) is 2.82. The van der Waals surface area contributed by atoms with Crippen molar-refractivity contribution in [2.24, 2.45) is 11.7 Å².